The van der Waals surface area contributed by atoms with E-state index in [4.69, 9.17) is 9.47 Å². The van der Waals surface area contributed by atoms with Crippen molar-refractivity contribution in [3.05, 3.63) is 66.1 Å². The molecule has 0 amide bonds. The summed E-state index contributed by atoms with van der Waals surface area (Å²) in [6.45, 7) is 0.176. The van der Waals surface area contributed by atoms with Crippen molar-refractivity contribution in [3.8, 4) is 5.75 Å². The Morgan fingerprint density at radius 3 is 2.86 bits per heavy atom. The number of carbonyl (C=O) groups is 1. The smallest absolute Gasteiger partial charge is 0.357 e. The largest absolute Gasteiger partial charge is 0.497 e. The molecule has 0 saturated heterocycles. The van der Waals surface area contributed by atoms with E-state index in [-0.39, 0.29) is 12.3 Å². The molecule has 0 radical (unpaired) electrons. The van der Waals surface area contributed by atoms with Crippen molar-refractivity contribution in [1.82, 2.24) is 9.97 Å². The Morgan fingerprint density at radius 2 is 2.09 bits per heavy atom. The van der Waals surface area contributed by atoms with Crippen molar-refractivity contribution in [2.24, 2.45) is 0 Å². The van der Waals surface area contributed by atoms with Crippen LogP contribution in [0.15, 0.2) is 54.9 Å². The summed E-state index contributed by atoms with van der Waals surface area (Å²) in [5.41, 5.74) is 1.83. The van der Waals surface area contributed by atoms with Crippen molar-refractivity contribution in [1.29, 1.82) is 0 Å². The number of pyridine rings is 2. The molecule has 3 rings (SSSR count). The molecule has 5 heteroatoms. The van der Waals surface area contributed by atoms with E-state index >= 15 is 0 Å². The van der Waals surface area contributed by atoms with Crippen molar-refractivity contribution in [2.45, 2.75) is 6.61 Å². The van der Waals surface area contributed by atoms with Crippen LogP contribution in [0.4, 0.5) is 0 Å². The van der Waals surface area contributed by atoms with Gasteiger partial charge in [-0.05, 0) is 30.3 Å². The Balaban J connectivity index is 1.76. The molecule has 2 aromatic heterocycles. The Kier molecular flexibility index (Phi) is 3.96. The van der Waals surface area contributed by atoms with E-state index in [1.54, 1.807) is 37.7 Å². The van der Waals surface area contributed by atoms with Crippen LogP contribution < -0.4 is 4.74 Å². The lowest BCUT2D eigenvalue weighted by Gasteiger charge is -2.06. The molecule has 0 N–H and O–H groups in total. The predicted octanol–water partition coefficient (Wildman–Crippen LogP) is 3.00. The standard InChI is InChI=1S/C17H14N2O3/c1-21-14-5-7-15-13(9-14)4-6-16(19-15)17(20)22-11-12-3-2-8-18-10-12/h2-10H,11H2,1H3. The molecule has 0 bridgehead atoms. The van der Waals surface area contributed by atoms with Crippen molar-refractivity contribution >= 4 is 16.9 Å². The third-order valence-electron chi connectivity index (χ3n) is 3.20. The van der Waals surface area contributed by atoms with Gasteiger partial charge in [-0.15, -0.1) is 0 Å². The third kappa shape index (κ3) is 3.03. The van der Waals surface area contributed by atoms with Crippen LogP contribution in [-0.4, -0.2) is 23.0 Å². The predicted molar refractivity (Wildman–Crippen MR) is 81.7 cm³/mol. The maximum absolute atomic E-state index is 12.1. The van der Waals surface area contributed by atoms with Gasteiger partial charge in [-0.1, -0.05) is 12.1 Å². The normalized spacial score (nSPS) is 10.4. The molecule has 0 aliphatic heterocycles. The number of ether oxygens (including phenoxy) is 2. The fourth-order valence-corrected chi connectivity index (χ4v) is 2.05. The minimum Gasteiger partial charge on any atom is -0.497 e. The summed E-state index contributed by atoms with van der Waals surface area (Å²) in [6, 6.07) is 12.6. The first kappa shape index (κ1) is 14.0. The van der Waals surface area contributed by atoms with Crippen molar-refractivity contribution in [2.75, 3.05) is 7.11 Å². The van der Waals surface area contributed by atoms with Crippen LogP contribution in [0.25, 0.3) is 10.9 Å². The summed E-state index contributed by atoms with van der Waals surface area (Å²) in [5.74, 6) is 0.294. The lowest BCUT2D eigenvalue weighted by atomic mass is 10.2. The highest BCUT2D eigenvalue weighted by Crippen LogP contribution is 2.19. The summed E-state index contributed by atoms with van der Waals surface area (Å²) in [7, 11) is 1.61. The zero-order valence-electron chi connectivity index (χ0n) is 12.0. The van der Waals surface area contributed by atoms with E-state index < -0.39 is 5.97 Å². The molecular weight excluding hydrogens is 280 g/mol. The zero-order valence-corrected chi connectivity index (χ0v) is 12.0. The van der Waals surface area contributed by atoms with E-state index in [0.29, 0.717) is 0 Å². The lowest BCUT2D eigenvalue weighted by molar-refractivity contribution is 0.0466. The molecule has 0 aliphatic rings. The molecule has 5 nitrogen and oxygen atoms in total. The summed E-state index contributed by atoms with van der Waals surface area (Å²) < 4.78 is 10.4. The molecule has 0 fully saturated rings. The summed E-state index contributed by atoms with van der Waals surface area (Å²) in [4.78, 5) is 20.3. The maximum Gasteiger partial charge on any atom is 0.357 e. The van der Waals surface area contributed by atoms with Gasteiger partial charge in [0.2, 0.25) is 0 Å². The summed E-state index contributed by atoms with van der Waals surface area (Å²) in [5, 5.41) is 0.906. The van der Waals surface area contributed by atoms with Crippen LogP contribution in [0.2, 0.25) is 0 Å². The van der Waals surface area contributed by atoms with Gasteiger partial charge in [-0.3, -0.25) is 4.98 Å². The zero-order chi connectivity index (χ0) is 15.4. The van der Waals surface area contributed by atoms with E-state index in [2.05, 4.69) is 9.97 Å². The second-order valence-electron chi connectivity index (χ2n) is 4.69. The average Bonchev–Trinajstić information content (AvgIpc) is 2.59. The van der Waals surface area contributed by atoms with Crippen LogP contribution in [-0.2, 0) is 11.3 Å². The number of nitrogens with zero attached hydrogens (tertiary/aromatic N) is 2. The van der Waals surface area contributed by atoms with Gasteiger partial charge in [0, 0.05) is 23.3 Å². The molecule has 1 aromatic carbocycles. The van der Waals surface area contributed by atoms with Crippen molar-refractivity contribution < 1.29 is 14.3 Å². The molecule has 3 aromatic rings. The first-order valence-corrected chi connectivity index (χ1v) is 6.77. The van der Waals surface area contributed by atoms with Crippen LogP contribution in [0.3, 0.4) is 0 Å². The Hall–Kier alpha value is -2.95. The van der Waals surface area contributed by atoms with E-state index in [0.717, 1.165) is 22.2 Å². The highest BCUT2D eigenvalue weighted by molar-refractivity contribution is 5.91. The number of aromatic nitrogens is 2. The number of hydrogen-bond donors (Lipinski definition) is 0. The van der Waals surface area contributed by atoms with Gasteiger partial charge in [0.1, 0.15) is 18.1 Å². The number of benzene rings is 1. The van der Waals surface area contributed by atoms with Gasteiger partial charge in [-0.2, -0.15) is 0 Å². The van der Waals surface area contributed by atoms with Crippen LogP contribution in [0.5, 0.6) is 5.75 Å². The third-order valence-corrected chi connectivity index (χ3v) is 3.20. The minimum absolute atomic E-state index is 0.176. The maximum atomic E-state index is 12.1. The Bertz CT molecular complexity index is 803. The Morgan fingerprint density at radius 1 is 1.18 bits per heavy atom. The number of fused-ring (bicyclic) bond motifs is 1. The number of rotatable bonds is 4. The van der Waals surface area contributed by atoms with Crippen LogP contribution in [0, 0.1) is 0 Å². The monoisotopic (exact) mass is 294 g/mol. The lowest BCUT2D eigenvalue weighted by Crippen LogP contribution is -2.07. The van der Waals surface area contributed by atoms with Gasteiger partial charge >= 0.3 is 5.97 Å². The van der Waals surface area contributed by atoms with Gasteiger partial charge in [0.05, 0.1) is 12.6 Å². The SMILES string of the molecule is COc1ccc2nc(C(=O)OCc3cccnc3)ccc2c1. The molecule has 110 valence electrons. The molecule has 0 atom stereocenters. The van der Waals surface area contributed by atoms with E-state index in [1.165, 1.54) is 0 Å². The van der Waals surface area contributed by atoms with Gasteiger partial charge in [0.25, 0.3) is 0 Å². The summed E-state index contributed by atoms with van der Waals surface area (Å²) >= 11 is 0. The molecule has 22 heavy (non-hydrogen) atoms. The molecule has 2 heterocycles. The number of methoxy groups -OCH3 is 1. The number of hydrogen-bond acceptors (Lipinski definition) is 5. The molecular formula is C17H14N2O3. The average molecular weight is 294 g/mol. The Labute approximate surface area is 127 Å². The number of carbonyl (C=O) groups excluding carboxylic acids is 1. The second-order valence-corrected chi connectivity index (χ2v) is 4.69. The van der Waals surface area contributed by atoms with Crippen LogP contribution >= 0.6 is 0 Å². The van der Waals surface area contributed by atoms with Crippen LogP contribution in [0.1, 0.15) is 16.1 Å². The second kappa shape index (κ2) is 6.22. The quantitative estimate of drug-likeness (QED) is 0.692. The highest BCUT2D eigenvalue weighted by atomic mass is 16.5. The highest BCUT2D eigenvalue weighted by Gasteiger charge is 2.10. The minimum atomic E-state index is -0.457. The van der Waals surface area contributed by atoms with Gasteiger partial charge in [0.15, 0.2) is 0 Å². The fourth-order valence-electron chi connectivity index (χ4n) is 2.05. The molecule has 0 saturated carbocycles. The molecule has 0 unspecified atom stereocenters. The number of esters is 1. The van der Waals surface area contributed by atoms with Crippen molar-refractivity contribution in [3.63, 3.8) is 0 Å². The first-order chi connectivity index (χ1) is 10.8. The molecule has 0 spiro atoms. The first-order valence-electron chi connectivity index (χ1n) is 6.77. The fraction of sp³-hybridized carbons (Fsp3) is 0.118. The molecule has 0 aliphatic carbocycles. The topological polar surface area (TPSA) is 61.3 Å². The van der Waals surface area contributed by atoms with Gasteiger partial charge in [-0.25, -0.2) is 9.78 Å². The van der Waals surface area contributed by atoms with Gasteiger partial charge < -0.3 is 9.47 Å². The van der Waals surface area contributed by atoms with E-state index in [1.807, 2.05) is 24.3 Å². The summed E-state index contributed by atoms with van der Waals surface area (Å²) in [6.07, 6.45) is 3.33. The van der Waals surface area contributed by atoms with E-state index in [9.17, 15) is 4.79 Å².